The monoisotopic (exact) mass is 334 g/mol. The molecule has 0 atom stereocenters. The van der Waals surface area contributed by atoms with Crippen molar-refractivity contribution in [3.8, 4) is 0 Å². The van der Waals surface area contributed by atoms with Crippen LogP contribution in [-0.4, -0.2) is 24.9 Å². The second kappa shape index (κ2) is 7.84. The summed E-state index contributed by atoms with van der Waals surface area (Å²) in [5.74, 6) is -0.940. The van der Waals surface area contributed by atoms with Crippen molar-refractivity contribution in [1.29, 1.82) is 0 Å². The van der Waals surface area contributed by atoms with Crippen molar-refractivity contribution in [3.63, 3.8) is 0 Å². The molecule has 0 aromatic heterocycles. The summed E-state index contributed by atoms with van der Waals surface area (Å²) in [6.07, 6.45) is -2.32. The van der Waals surface area contributed by atoms with Crippen LogP contribution in [0.2, 0.25) is 5.02 Å². The van der Waals surface area contributed by atoms with E-state index in [1.165, 1.54) is 12.1 Å². The van der Waals surface area contributed by atoms with Crippen molar-refractivity contribution >= 4 is 29.5 Å². The van der Waals surface area contributed by atoms with Crippen molar-refractivity contribution in [1.82, 2.24) is 10.6 Å². The number of hydrogen-bond acceptors (Lipinski definition) is 2. The van der Waals surface area contributed by atoms with E-state index in [0.29, 0.717) is 6.54 Å². The number of amides is 2. The van der Waals surface area contributed by atoms with Crippen LogP contribution in [0.25, 0.3) is 6.08 Å². The Hall–Kier alpha value is -2.02. The number of rotatable bonds is 5. The minimum Gasteiger partial charge on any atom is -0.355 e. The summed E-state index contributed by atoms with van der Waals surface area (Å²) in [6, 6.07) is 3.30. The second-order valence-corrected chi connectivity index (χ2v) is 4.65. The van der Waals surface area contributed by atoms with Gasteiger partial charge >= 0.3 is 6.18 Å². The molecule has 0 unspecified atom stereocenters. The molecule has 2 amide bonds. The fraction of sp³-hybridized carbons (Fsp3) is 0.286. The third kappa shape index (κ3) is 5.77. The summed E-state index contributed by atoms with van der Waals surface area (Å²) in [4.78, 5) is 22.6. The predicted molar refractivity (Wildman–Crippen MR) is 77.2 cm³/mol. The molecule has 1 rings (SSSR count). The molecule has 0 aliphatic rings. The van der Waals surface area contributed by atoms with Gasteiger partial charge in [0.2, 0.25) is 11.8 Å². The molecule has 8 heteroatoms. The standard InChI is InChI=1S/C14H14ClF3N2O2/c1-2-19-13(22)8-20-12(21)6-4-9-3-5-11(15)10(7-9)14(16,17)18/h3-7H,2,8H2,1H3,(H,19,22)(H,20,21)/b6-4+. The van der Waals surface area contributed by atoms with E-state index in [1.807, 2.05) is 0 Å². The van der Waals surface area contributed by atoms with E-state index in [0.717, 1.165) is 18.2 Å². The Balaban J connectivity index is 2.70. The molecule has 0 saturated heterocycles. The molecular weight excluding hydrogens is 321 g/mol. The number of likely N-dealkylation sites (N-methyl/N-ethyl adjacent to an activating group) is 1. The lowest BCUT2D eigenvalue weighted by molar-refractivity contribution is -0.137. The van der Waals surface area contributed by atoms with Crippen LogP contribution in [0.4, 0.5) is 13.2 Å². The van der Waals surface area contributed by atoms with Gasteiger partial charge < -0.3 is 10.6 Å². The van der Waals surface area contributed by atoms with Crippen molar-refractivity contribution in [3.05, 3.63) is 40.4 Å². The first-order valence-corrected chi connectivity index (χ1v) is 6.71. The smallest absolute Gasteiger partial charge is 0.355 e. The van der Waals surface area contributed by atoms with Crippen LogP contribution >= 0.6 is 11.6 Å². The van der Waals surface area contributed by atoms with Gasteiger partial charge in [0.25, 0.3) is 0 Å². The van der Waals surface area contributed by atoms with Gasteiger partial charge in [-0.1, -0.05) is 17.7 Å². The average Bonchev–Trinajstić information content (AvgIpc) is 2.43. The van der Waals surface area contributed by atoms with Crippen LogP contribution in [0, 0.1) is 0 Å². The Morgan fingerprint density at radius 1 is 1.27 bits per heavy atom. The van der Waals surface area contributed by atoms with E-state index in [-0.39, 0.29) is 18.0 Å². The molecule has 0 spiro atoms. The summed E-state index contributed by atoms with van der Waals surface area (Å²) in [6.45, 7) is 1.97. The van der Waals surface area contributed by atoms with Crippen LogP contribution in [0.1, 0.15) is 18.1 Å². The Kier molecular flexibility index (Phi) is 6.42. The fourth-order valence-corrected chi connectivity index (χ4v) is 1.75. The zero-order valence-electron chi connectivity index (χ0n) is 11.6. The quantitative estimate of drug-likeness (QED) is 0.813. The topological polar surface area (TPSA) is 58.2 Å². The number of carbonyl (C=O) groups excluding carboxylic acids is 2. The molecular formula is C14H14ClF3N2O2. The molecule has 1 aromatic carbocycles. The summed E-state index contributed by atoms with van der Waals surface area (Å²) in [5.41, 5.74) is -0.802. The lowest BCUT2D eigenvalue weighted by Crippen LogP contribution is -2.35. The molecule has 0 radical (unpaired) electrons. The average molecular weight is 335 g/mol. The van der Waals surface area contributed by atoms with Gasteiger partial charge in [0.1, 0.15) is 0 Å². The van der Waals surface area contributed by atoms with Gasteiger partial charge in [-0.2, -0.15) is 13.2 Å². The van der Waals surface area contributed by atoms with E-state index in [4.69, 9.17) is 11.6 Å². The molecule has 4 nitrogen and oxygen atoms in total. The highest BCUT2D eigenvalue weighted by atomic mass is 35.5. The van der Waals surface area contributed by atoms with E-state index in [1.54, 1.807) is 6.92 Å². The summed E-state index contributed by atoms with van der Waals surface area (Å²) in [7, 11) is 0. The molecule has 120 valence electrons. The van der Waals surface area contributed by atoms with Gasteiger partial charge in [0.05, 0.1) is 17.1 Å². The highest BCUT2D eigenvalue weighted by Gasteiger charge is 2.33. The van der Waals surface area contributed by atoms with Gasteiger partial charge in [-0.3, -0.25) is 9.59 Å². The summed E-state index contributed by atoms with van der Waals surface area (Å²) in [5, 5.41) is 4.38. The normalized spacial score (nSPS) is 11.5. The third-order valence-electron chi connectivity index (χ3n) is 2.52. The van der Waals surface area contributed by atoms with Gasteiger partial charge in [-0.25, -0.2) is 0 Å². The summed E-state index contributed by atoms with van der Waals surface area (Å²) < 4.78 is 38.0. The maximum Gasteiger partial charge on any atom is 0.417 e. The Labute approximate surface area is 130 Å². The number of nitrogens with one attached hydrogen (secondary N) is 2. The zero-order valence-corrected chi connectivity index (χ0v) is 12.4. The summed E-state index contributed by atoms with van der Waals surface area (Å²) >= 11 is 5.49. The Morgan fingerprint density at radius 3 is 2.55 bits per heavy atom. The number of carbonyl (C=O) groups is 2. The van der Waals surface area contributed by atoms with Crippen LogP contribution < -0.4 is 10.6 Å². The highest BCUT2D eigenvalue weighted by molar-refractivity contribution is 6.31. The predicted octanol–water partition coefficient (Wildman–Crippen LogP) is 2.62. The third-order valence-corrected chi connectivity index (χ3v) is 2.85. The van der Waals surface area contributed by atoms with E-state index in [2.05, 4.69) is 10.6 Å². The first kappa shape index (κ1) is 18.0. The minimum atomic E-state index is -4.57. The number of halogens is 4. The van der Waals surface area contributed by atoms with Crippen LogP contribution in [0.3, 0.4) is 0 Å². The largest absolute Gasteiger partial charge is 0.417 e. The zero-order chi connectivity index (χ0) is 16.8. The van der Waals surface area contributed by atoms with Gasteiger partial charge in [0, 0.05) is 12.6 Å². The first-order chi connectivity index (χ1) is 10.2. The van der Waals surface area contributed by atoms with Crippen molar-refractivity contribution in [2.45, 2.75) is 13.1 Å². The number of alkyl halides is 3. The molecule has 0 bridgehead atoms. The second-order valence-electron chi connectivity index (χ2n) is 4.24. The Morgan fingerprint density at radius 2 is 1.95 bits per heavy atom. The minimum absolute atomic E-state index is 0.171. The fourth-order valence-electron chi connectivity index (χ4n) is 1.52. The van der Waals surface area contributed by atoms with E-state index >= 15 is 0 Å². The molecule has 0 heterocycles. The van der Waals surface area contributed by atoms with Crippen LogP contribution in [0.5, 0.6) is 0 Å². The molecule has 0 saturated carbocycles. The van der Waals surface area contributed by atoms with Crippen molar-refractivity contribution in [2.75, 3.05) is 13.1 Å². The SMILES string of the molecule is CCNC(=O)CNC(=O)/C=C/c1ccc(Cl)c(C(F)(F)F)c1. The van der Waals surface area contributed by atoms with Gasteiger partial charge in [0.15, 0.2) is 0 Å². The molecule has 0 aliphatic carbocycles. The Bertz CT molecular complexity index is 586. The number of hydrogen-bond donors (Lipinski definition) is 2. The molecule has 2 N–H and O–H groups in total. The van der Waals surface area contributed by atoms with E-state index < -0.39 is 22.7 Å². The molecule has 0 aliphatic heterocycles. The lowest BCUT2D eigenvalue weighted by atomic mass is 10.1. The number of benzene rings is 1. The lowest BCUT2D eigenvalue weighted by Gasteiger charge is -2.09. The molecule has 1 aromatic rings. The highest BCUT2D eigenvalue weighted by Crippen LogP contribution is 2.35. The molecule has 0 fully saturated rings. The van der Waals surface area contributed by atoms with Crippen molar-refractivity contribution in [2.24, 2.45) is 0 Å². The molecule has 22 heavy (non-hydrogen) atoms. The first-order valence-electron chi connectivity index (χ1n) is 6.33. The maximum absolute atomic E-state index is 12.7. The van der Waals surface area contributed by atoms with Crippen molar-refractivity contribution < 1.29 is 22.8 Å². The van der Waals surface area contributed by atoms with Gasteiger partial charge in [-0.15, -0.1) is 0 Å². The van der Waals surface area contributed by atoms with Crippen LogP contribution in [0.15, 0.2) is 24.3 Å². The maximum atomic E-state index is 12.7. The van der Waals surface area contributed by atoms with Crippen LogP contribution in [-0.2, 0) is 15.8 Å². The van der Waals surface area contributed by atoms with Gasteiger partial charge in [-0.05, 0) is 30.7 Å². The van der Waals surface area contributed by atoms with E-state index in [9.17, 15) is 22.8 Å².